The third-order valence-corrected chi connectivity index (χ3v) is 7.07. The average molecular weight is 475 g/mol. The van der Waals surface area contributed by atoms with Crippen molar-refractivity contribution in [2.75, 3.05) is 19.5 Å². The van der Waals surface area contributed by atoms with Gasteiger partial charge in [0, 0.05) is 5.75 Å². The molecule has 3 aromatic rings. The molecule has 10 heteroatoms. The smallest absolute Gasteiger partial charge is 0.250 e. The maximum Gasteiger partial charge on any atom is 0.250 e. The van der Waals surface area contributed by atoms with Gasteiger partial charge in [-0.15, -0.1) is 10.2 Å². The van der Waals surface area contributed by atoms with Gasteiger partial charge in [-0.3, -0.25) is 4.79 Å². The van der Waals surface area contributed by atoms with Gasteiger partial charge in [0.25, 0.3) is 5.91 Å². The first kappa shape index (κ1) is 23.1. The molecule has 0 radical (unpaired) electrons. The van der Waals surface area contributed by atoms with E-state index in [4.69, 9.17) is 9.47 Å². The number of carbonyl (C=O) groups is 1. The number of rotatable bonds is 11. The zero-order valence-corrected chi connectivity index (χ0v) is 19.6. The second-order valence-electron chi connectivity index (χ2n) is 6.03. The summed E-state index contributed by atoms with van der Waals surface area (Å²) in [5, 5.41) is 12.3. The summed E-state index contributed by atoms with van der Waals surface area (Å²) >= 11 is 4.46. The average Bonchev–Trinajstić information content (AvgIpc) is 3.26. The SMILES string of the molecule is CCOc1ccc(C=NNC(=O)CSc2nnc(SCc3ccccc3)s2)cc1OC. The Morgan fingerprint density at radius 1 is 1.13 bits per heavy atom. The summed E-state index contributed by atoms with van der Waals surface area (Å²) in [5.74, 6) is 2.12. The summed E-state index contributed by atoms with van der Waals surface area (Å²) in [7, 11) is 1.58. The van der Waals surface area contributed by atoms with Gasteiger partial charge >= 0.3 is 0 Å². The van der Waals surface area contributed by atoms with Gasteiger partial charge in [-0.1, -0.05) is 65.2 Å². The van der Waals surface area contributed by atoms with E-state index in [1.165, 1.54) is 28.7 Å². The standard InChI is InChI=1S/C21H22N4O3S3/c1-3-28-17-10-9-16(11-18(17)27-2)12-22-23-19(26)14-30-21-25-24-20(31-21)29-13-15-7-5-4-6-8-15/h4-12H,3,13-14H2,1-2H3,(H,23,26). The molecule has 162 valence electrons. The molecule has 0 spiro atoms. The van der Waals surface area contributed by atoms with Crippen LogP contribution < -0.4 is 14.9 Å². The number of hydrazone groups is 1. The summed E-state index contributed by atoms with van der Waals surface area (Å²) in [5.41, 5.74) is 4.55. The zero-order chi connectivity index (χ0) is 21.9. The molecule has 0 saturated carbocycles. The lowest BCUT2D eigenvalue weighted by molar-refractivity contribution is -0.118. The number of benzene rings is 2. The van der Waals surface area contributed by atoms with Gasteiger partial charge in [0.15, 0.2) is 20.2 Å². The normalized spacial score (nSPS) is 10.9. The van der Waals surface area contributed by atoms with Crippen molar-refractivity contribution >= 4 is 47.0 Å². The quantitative estimate of drug-likeness (QED) is 0.249. The minimum absolute atomic E-state index is 0.210. The molecule has 0 unspecified atom stereocenters. The molecular formula is C21H22N4O3S3. The van der Waals surface area contributed by atoms with Crippen molar-refractivity contribution in [3.63, 3.8) is 0 Å². The number of aromatic nitrogens is 2. The molecule has 1 aromatic heterocycles. The first-order valence-corrected chi connectivity index (χ1v) is 12.2. The number of amides is 1. The molecule has 0 bridgehead atoms. The van der Waals surface area contributed by atoms with Gasteiger partial charge in [-0.25, -0.2) is 5.43 Å². The van der Waals surface area contributed by atoms with Crippen LogP contribution >= 0.6 is 34.9 Å². The second kappa shape index (κ2) is 12.3. The van der Waals surface area contributed by atoms with Gasteiger partial charge in [-0.2, -0.15) is 5.10 Å². The van der Waals surface area contributed by atoms with E-state index in [0.29, 0.717) is 18.1 Å². The summed E-state index contributed by atoms with van der Waals surface area (Å²) < 4.78 is 12.4. The Kier molecular flexibility index (Phi) is 9.19. The van der Waals surface area contributed by atoms with Crippen LogP contribution in [0.25, 0.3) is 0 Å². The molecular weight excluding hydrogens is 452 g/mol. The van der Waals surface area contributed by atoms with Crippen molar-refractivity contribution in [2.24, 2.45) is 5.10 Å². The van der Waals surface area contributed by atoms with E-state index in [2.05, 4.69) is 32.9 Å². The fourth-order valence-electron chi connectivity index (χ4n) is 2.41. The summed E-state index contributed by atoms with van der Waals surface area (Å²) in [6.45, 7) is 2.47. The highest BCUT2D eigenvalue weighted by atomic mass is 32.2. The number of hydrogen-bond acceptors (Lipinski definition) is 9. The number of thioether (sulfide) groups is 2. The van der Waals surface area contributed by atoms with Crippen LogP contribution in [0, 0.1) is 0 Å². The van der Waals surface area contributed by atoms with Crippen LogP contribution in [0.1, 0.15) is 18.1 Å². The highest BCUT2D eigenvalue weighted by Gasteiger charge is 2.09. The van der Waals surface area contributed by atoms with E-state index in [1.807, 2.05) is 37.3 Å². The molecule has 0 aliphatic rings. The Morgan fingerprint density at radius 2 is 1.90 bits per heavy atom. The van der Waals surface area contributed by atoms with Crippen LogP contribution in [0.3, 0.4) is 0 Å². The fourth-order valence-corrected chi connectivity index (χ4v) is 5.18. The van der Waals surface area contributed by atoms with Crippen LogP contribution in [0.2, 0.25) is 0 Å². The molecule has 3 rings (SSSR count). The Balaban J connectivity index is 1.42. The highest BCUT2D eigenvalue weighted by Crippen LogP contribution is 2.30. The van der Waals surface area contributed by atoms with Gasteiger partial charge in [0.2, 0.25) is 0 Å². The molecule has 1 heterocycles. The minimum Gasteiger partial charge on any atom is -0.493 e. The summed E-state index contributed by atoms with van der Waals surface area (Å²) in [6, 6.07) is 15.6. The maximum atomic E-state index is 12.0. The largest absolute Gasteiger partial charge is 0.493 e. The van der Waals surface area contributed by atoms with Crippen molar-refractivity contribution in [3.8, 4) is 11.5 Å². The minimum atomic E-state index is -0.215. The summed E-state index contributed by atoms with van der Waals surface area (Å²) in [4.78, 5) is 12.0. The Morgan fingerprint density at radius 3 is 2.65 bits per heavy atom. The molecule has 2 aromatic carbocycles. The third-order valence-electron chi connectivity index (χ3n) is 3.81. The lowest BCUT2D eigenvalue weighted by Crippen LogP contribution is -2.19. The first-order chi connectivity index (χ1) is 15.2. The molecule has 0 aliphatic carbocycles. The molecule has 0 saturated heterocycles. The summed E-state index contributed by atoms with van der Waals surface area (Å²) in [6.07, 6.45) is 1.56. The first-order valence-electron chi connectivity index (χ1n) is 9.43. The van der Waals surface area contributed by atoms with E-state index >= 15 is 0 Å². The van der Waals surface area contributed by atoms with Gasteiger partial charge in [-0.05, 0) is 36.2 Å². The Labute approximate surface area is 193 Å². The van der Waals surface area contributed by atoms with Crippen LogP contribution in [0.15, 0.2) is 62.3 Å². The van der Waals surface area contributed by atoms with Gasteiger partial charge in [0.05, 0.1) is 25.7 Å². The molecule has 0 fully saturated rings. The van der Waals surface area contributed by atoms with Gasteiger partial charge in [0.1, 0.15) is 0 Å². The molecule has 31 heavy (non-hydrogen) atoms. The molecule has 1 N–H and O–H groups in total. The number of ether oxygens (including phenoxy) is 2. The number of nitrogens with one attached hydrogen (secondary N) is 1. The second-order valence-corrected chi connectivity index (χ2v) is 9.46. The van der Waals surface area contributed by atoms with E-state index in [9.17, 15) is 4.79 Å². The number of hydrogen-bond donors (Lipinski definition) is 1. The fraction of sp³-hybridized carbons (Fsp3) is 0.238. The van der Waals surface area contributed by atoms with Crippen LogP contribution in [0.5, 0.6) is 11.5 Å². The number of nitrogens with zero attached hydrogens (tertiary/aromatic N) is 3. The predicted octanol–water partition coefficient (Wildman–Crippen LogP) is 4.48. The lowest BCUT2D eigenvalue weighted by Gasteiger charge is -2.09. The maximum absolute atomic E-state index is 12.0. The lowest BCUT2D eigenvalue weighted by atomic mass is 10.2. The number of methoxy groups -OCH3 is 1. The Bertz CT molecular complexity index is 1010. The topological polar surface area (TPSA) is 85.7 Å². The van der Waals surface area contributed by atoms with Crippen LogP contribution in [-0.4, -0.2) is 41.8 Å². The molecule has 0 aliphatic heterocycles. The molecule has 0 atom stereocenters. The zero-order valence-electron chi connectivity index (χ0n) is 17.1. The van der Waals surface area contributed by atoms with Crippen LogP contribution in [-0.2, 0) is 10.5 Å². The highest BCUT2D eigenvalue weighted by molar-refractivity contribution is 8.03. The van der Waals surface area contributed by atoms with Crippen molar-refractivity contribution in [2.45, 2.75) is 21.4 Å². The number of carbonyl (C=O) groups excluding carboxylic acids is 1. The van der Waals surface area contributed by atoms with Gasteiger partial charge < -0.3 is 9.47 Å². The third kappa shape index (κ3) is 7.57. The van der Waals surface area contributed by atoms with Crippen molar-refractivity contribution in [3.05, 3.63) is 59.7 Å². The predicted molar refractivity (Wildman–Crippen MR) is 127 cm³/mol. The molecule has 7 nitrogen and oxygen atoms in total. The van der Waals surface area contributed by atoms with E-state index in [0.717, 1.165) is 20.0 Å². The monoisotopic (exact) mass is 474 g/mol. The van der Waals surface area contributed by atoms with Crippen molar-refractivity contribution in [1.29, 1.82) is 0 Å². The van der Waals surface area contributed by atoms with Crippen molar-refractivity contribution < 1.29 is 14.3 Å². The van der Waals surface area contributed by atoms with E-state index < -0.39 is 0 Å². The van der Waals surface area contributed by atoms with E-state index in [-0.39, 0.29) is 11.7 Å². The van der Waals surface area contributed by atoms with Crippen molar-refractivity contribution in [1.82, 2.24) is 15.6 Å². The van der Waals surface area contributed by atoms with E-state index in [1.54, 1.807) is 31.2 Å². The molecule has 1 amide bonds. The Hall–Kier alpha value is -2.56. The van der Waals surface area contributed by atoms with Crippen LogP contribution in [0.4, 0.5) is 0 Å².